The molecule has 0 aromatic heterocycles. The third-order valence-electron chi connectivity index (χ3n) is 1.99. The summed E-state index contributed by atoms with van der Waals surface area (Å²) in [6.45, 7) is 0.184. The minimum atomic E-state index is -1.10. The topological polar surface area (TPSA) is 89.4 Å². The first-order chi connectivity index (χ1) is 7.06. The maximum atomic E-state index is 13.2. The summed E-state index contributed by atoms with van der Waals surface area (Å²) in [6.07, 6.45) is -0.937. The summed E-state index contributed by atoms with van der Waals surface area (Å²) in [5.41, 5.74) is 4.86. The van der Waals surface area contributed by atoms with Crippen molar-refractivity contribution in [2.24, 2.45) is 5.73 Å². The Bertz CT molecular complexity index is 370. The van der Waals surface area contributed by atoms with E-state index in [1.807, 2.05) is 0 Å². The quantitative estimate of drug-likeness (QED) is 0.580. The maximum Gasteiger partial charge on any atom is 0.270 e. The van der Waals surface area contributed by atoms with Crippen LogP contribution in [-0.2, 0) is 0 Å². The lowest BCUT2D eigenvalue weighted by atomic mass is 10.1. The van der Waals surface area contributed by atoms with Crippen molar-refractivity contribution in [3.05, 3.63) is 39.7 Å². The number of nitro benzene ring substituents is 1. The van der Waals surface area contributed by atoms with E-state index < -0.39 is 16.8 Å². The number of rotatable bonds is 4. The van der Waals surface area contributed by atoms with Crippen molar-refractivity contribution < 1.29 is 14.4 Å². The van der Waals surface area contributed by atoms with Crippen LogP contribution in [0.4, 0.5) is 10.1 Å². The van der Waals surface area contributed by atoms with Gasteiger partial charge in [0.15, 0.2) is 0 Å². The Labute approximate surface area is 85.5 Å². The van der Waals surface area contributed by atoms with E-state index in [0.29, 0.717) is 0 Å². The van der Waals surface area contributed by atoms with E-state index >= 15 is 0 Å². The lowest BCUT2D eigenvalue weighted by molar-refractivity contribution is -0.385. The number of non-ortho nitro benzene ring substituents is 1. The first-order valence-electron chi connectivity index (χ1n) is 4.38. The van der Waals surface area contributed by atoms with Gasteiger partial charge < -0.3 is 10.8 Å². The van der Waals surface area contributed by atoms with Crippen molar-refractivity contribution in [3.8, 4) is 0 Å². The molecule has 0 spiro atoms. The van der Waals surface area contributed by atoms with Gasteiger partial charge >= 0.3 is 0 Å². The first-order valence-corrected chi connectivity index (χ1v) is 4.38. The zero-order valence-corrected chi connectivity index (χ0v) is 7.89. The molecule has 0 radical (unpaired) electrons. The van der Waals surface area contributed by atoms with Crippen LogP contribution in [0.3, 0.4) is 0 Å². The Morgan fingerprint density at radius 1 is 1.60 bits per heavy atom. The Morgan fingerprint density at radius 2 is 2.27 bits per heavy atom. The third-order valence-corrected chi connectivity index (χ3v) is 1.99. The minimum Gasteiger partial charge on any atom is -0.388 e. The normalized spacial score (nSPS) is 12.5. The number of hydrogen-bond donors (Lipinski definition) is 2. The van der Waals surface area contributed by atoms with Crippen LogP contribution in [-0.4, -0.2) is 16.6 Å². The van der Waals surface area contributed by atoms with Crippen molar-refractivity contribution in [1.82, 2.24) is 0 Å². The highest BCUT2D eigenvalue weighted by atomic mass is 19.1. The van der Waals surface area contributed by atoms with Gasteiger partial charge in [-0.15, -0.1) is 0 Å². The Morgan fingerprint density at radius 3 is 2.80 bits per heavy atom. The fraction of sp³-hybridized carbons (Fsp3) is 0.333. The predicted molar refractivity (Wildman–Crippen MR) is 51.7 cm³/mol. The molecule has 6 heteroatoms. The maximum absolute atomic E-state index is 13.2. The monoisotopic (exact) mass is 214 g/mol. The number of aliphatic hydroxyl groups is 1. The fourth-order valence-electron chi connectivity index (χ4n) is 1.21. The molecule has 0 saturated carbocycles. The number of nitrogens with zero attached hydrogens (tertiary/aromatic N) is 1. The van der Waals surface area contributed by atoms with E-state index in [2.05, 4.69) is 0 Å². The second-order valence-electron chi connectivity index (χ2n) is 3.06. The van der Waals surface area contributed by atoms with E-state index in [1.165, 1.54) is 0 Å². The van der Waals surface area contributed by atoms with Crippen molar-refractivity contribution in [3.63, 3.8) is 0 Å². The summed E-state index contributed by atoms with van der Waals surface area (Å²) < 4.78 is 13.2. The lowest BCUT2D eigenvalue weighted by Gasteiger charge is -2.09. The van der Waals surface area contributed by atoms with Crippen LogP contribution < -0.4 is 5.73 Å². The average molecular weight is 214 g/mol. The van der Waals surface area contributed by atoms with Crippen LogP contribution >= 0.6 is 0 Å². The van der Waals surface area contributed by atoms with Gasteiger partial charge in [0.05, 0.1) is 11.0 Å². The molecule has 0 bridgehead atoms. The van der Waals surface area contributed by atoms with Crippen molar-refractivity contribution >= 4 is 5.69 Å². The summed E-state index contributed by atoms with van der Waals surface area (Å²) >= 11 is 0. The molecule has 0 unspecified atom stereocenters. The van der Waals surface area contributed by atoms with Gasteiger partial charge in [0.1, 0.15) is 5.82 Å². The SMILES string of the molecule is NCC[C@H](O)c1cc([N+](=O)[O-])ccc1F. The lowest BCUT2D eigenvalue weighted by Crippen LogP contribution is -2.08. The Balaban J connectivity index is 3.04. The largest absolute Gasteiger partial charge is 0.388 e. The van der Waals surface area contributed by atoms with Gasteiger partial charge in [-0.05, 0) is 19.0 Å². The van der Waals surface area contributed by atoms with Gasteiger partial charge in [-0.2, -0.15) is 0 Å². The molecule has 0 saturated heterocycles. The summed E-state index contributed by atoms with van der Waals surface area (Å²) in [4.78, 5) is 9.78. The first kappa shape index (κ1) is 11.5. The molecule has 0 aliphatic rings. The second-order valence-corrected chi connectivity index (χ2v) is 3.06. The highest BCUT2D eigenvalue weighted by molar-refractivity contribution is 5.36. The fourth-order valence-corrected chi connectivity index (χ4v) is 1.21. The molecule has 3 N–H and O–H groups in total. The highest BCUT2D eigenvalue weighted by Gasteiger charge is 2.16. The van der Waals surface area contributed by atoms with Gasteiger partial charge in [-0.3, -0.25) is 10.1 Å². The van der Waals surface area contributed by atoms with E-state index in [1.54, 1.807) is 0 Å². The van der Waals surface area contributed by atoms with Gasteiger partial charge in [0, 0.05) is 17.7 Å². The number of benzene rings is 1. The molecule has 1 rings (SSSR count). The molecule has 0 heterocycles. The van der Waals surface area contributed by atoms with Gasteiger partial charge in [0.25, 0.3) is 5.69 Å². The van der Waals surface area contributed by atoms with E-state index in [-0.39, 0.29) is 24.2 Å². The molecule has 15 heavy (non-hydrogen) atoms. The summed E-state index contributed by atoms with van der Waals surface area (Å²) in [7, 11) is 0. The molecule has 1 aromatic rings. The zero-order chi connectivity index (χ0) is 11.4. The molecule has 82 valence electrons. The van der Waals surface area contributed by atoms with Crippen LogP contribution in [0.2, 0.25) is 0 Å². The van der Waals surface area contributed by atoms with Crippen LogP contribution in [0.15, 0.2) is 18.2 Å². The van der Waals surface area contributed by atoms with Gasteiger partial charge in [-0.25, -0.2) is 4.39 Å². The number of hydrogen-bond acceptors (Lipinski definition) is 4. The number of halogens is 1. The highest BCUT2D eigenvalue weighted by Crippen LogP contribution is 2.24. The van der Waals surface area contributed by atoms with Crippen LogP contribution in [0, 0.1) is 15.9 Å². The molecule has 5 nitrogen and oxygen atoms in total. The van der Waals surface area contributed by atoms with E-state index in [4.69, 9.17) is 5.73 Å². The Kier molecular flexibility index (Phi) is 3.70. The predicted octanol–water partition coefficient (Wildman–Crippen LogP) is 1.12. The molecule has 0 aliphatic carbocycles. The molecule has 0 aliphatic heterocycles. The summed E-state index contributed by atoms with van der Waals surface area (Å²) in [5.74, 6) is -0.665. The molecule has 0 amide bonds. The molecule has 0 fully saturated rings. The minimum absolute atomic E-state index is 0.0883. The Hall–Kier alpha value is -1.53. The molecular formula is C9H11FN2O3. The van der Waals surface area contributed by atoms with Crippen molar-refractivity contribution in [2.45, 2.75) is 12.5 Å². The van der Waals surface area contributed by atoms with Crippen LogP contribution in [0.5, 0.6) is 0 Å². The smallest absolute Gasteiger partial charge is 0.270 e. The van der Waals surface area contributed by atoms with Crippen molar-refractivity contribution in [1.29, 1.82) is 0 Å². The molecular weight excluding hydrogens is 203 g/mol. The standard InChI is InChI=1S/C9H11FN2O3/c10-8-2-1-6(12(14)15)5-7(8)9(13)3-4-11/h1-2,5,9,13H,3-4,11H2/t9-/m0/s1. The van der Waals surface area contributed by atoms with Gasteiger partial charge in [-0.1, -0.05) is 0 Å². The molecule has 1 aromatic carbocycles. The summed E-state index contributed by atoms with van der Waals surface area (Å²) in [6, 6.07) is 3.04. The molecule has 1 atom stereocenters. The van der Waals surface area contributed by atoms with Crippen LogP contribution in [0.1, 0.15) is 18.1 Å². The summed E-state index contributed by atoms with van der Waals surface area (Å²) in [5, 5.41) is 19.9. The number of nitrogens with two attached hydrogens (primary N) is 1. The average Bonchev–Trinajstić information content (AvgIpc) is 2.18. The third kappa shape index (κ3) is 2.71. The van der Waals surface area contributed by atoms with E-state index in [0.717, 1.165) is 18.2 Å². The number of aliphatic hydroxyl groups excluding tert-OH is 1. The van der Waals surface area contributed by atoms with Crippen LogP contribution in [0.25, 0.3) is 0 Å². The zero-order valence-electron chi connectivity index (χ0n) is 7.89. The van der Waals surface area contributed by atoms with Crippen molar-refractivity contribution in [2.75, 3.05) is 6.54 Å². The number of nitro groups is 1. The van der Waals surface area contributed by atoms with E-state index in [9.17, 15) is 19.6 Å². The second kappa shape index (κ2) is 4.81. The van der Waals surface area contributed by atoms with Gasteiger partial charge in [0.2, 0.25) is 0 Å².